The number of ether oxygens (including phenoxy) is 1. The van der Waals surface area contributed by atoms with Crippen LogP contribution in [0.15, 0.2) is 102 Å². The van der Waals surface area contributed by atoms with Gasteiger partial charge < -0.3 is 14.7 Å². The number of nitrogens with zero attached hydrogens (tertiary/aromatic N) is 1. The van der Waals surface area contributed by atoms with E-state index in [1.165, 1.54) is 11.8 Å². The van der Waals surface area contributed by atoms with Crippen LogP contribution in [0.25, 0.3) is 0 Å². The van der Waals surface area contributed by atoms with Gasteiger partial charge in [-0.05, 0) is 60.7 Å². The lowest BCUT2D eigenvalue weighted by Crippen LogP contribution is -2.36. The first-order valence-corrected chi connectivity index (χ1v) is 14.6. The summed E-state index contributed by atoms with van der Waals surface area (Å²) in [5.41, 5.74) is 1.37. The molecule has 4 aromatic carbocycles. The van der Waals surface area contributed by atoms with Gasteiger partial charge in [0.15, 0.2) is 0 Å². The number of benzene rings is 4. The summed E-state index contributed by atoms with van der Waals surface area (Å²) >= 11 is 12.6. The number of halogens is 2. The molecule has 2 amide bonds. The second-order valence-corrected chi connectivity index (χ2v) is 11.5. The van der Waals surface area contributed by atoms with Crippen molar-refractivity contribution in [2.75, 3.05) is 4.90 Å². The molecule has 0 aromatic heterocycles. The van der Waals surface area contributed by atoms with Crippen LogP contribution >= 0.6 is 23.2 Å². The lowest BCUT2D eigenvalue weighted by Gasteiger charge is -2.23. The number of carboxylic acid groups (broad SMARTS) is 1. The van der Waals surface area contributed by atoms with Crippen LogP contribution in [-0.4, -0.2) is 31.3 Å². The topological polar surface area (TPSA) is 130 Å². The number of hydrogen-bond acceptors (Lipinski definition) is 6. The van der Waals surface area contributed by atoms with Crippen molar-refractivity contribution in [3.63, 3.8) is 0 Å². The third kappa shape index (κ3) is 7.27. The molecule has 0 fully saturated rings. The fourth-order valence-electron chi connectivity index (χ4n) is 3.99. The zero-order valence-electron chi connectivity index (χ0n) is 22.0. The number of nitrogens with one attached hydrogen (secondary N) is 1. The van der Waals surface area contributed by atoms with Gasteiger partial charge in [0.1, 0.15) is 5.75 Å². The number of carbonyl (C=O) groups excluding carboxylic acids is 2. The summed E-state index contributed by atoms with van der Waals surface area (Å²) in [4.78, 5) is 38.0. The van der Waals surface area contributed by atoms with Gasteiger partial charge in [-0.3, -0.25) is 9.59 Å². The Morgan fingerprint density at radius 3 is 2.00 bits per heavy atom. The Kier molecular flexibility index (Phi) is 9.52. The zero-order chi connectivity index (χ0) is 30.4. The first-order valence-electron chi connectivity index (χ1n) is 12.4. The predicted octanol–water partition coefficient (Wildman–Crippen LogP) is 5.87. The molecule has 4 aromatic rings. The molecule has 216 valence electrons. The Morgan fingerprint density at radius 1 is 0.857 bits per heavy atom. The maximum absolute atomic E-state index is 13.3. The fourth-order valence-corrected chi connectivity index (χ4v) is 5.49. The average Bonchev–Trinajstić information content (AvgIpc) is 2.96. The highest BCUT2D eigenvalue weighted by Crippen LogP contribution is 2.30. The van der Waals surface area contributed by atoms with Crippen LogP contribution in [0.5, 0.6) is 5.75 Å². The number of carbonyl (C=O) groups is 3. The lowest BCUT2D eigenvalue weighted by molar-refractivity contribution is -0.126. The maximum Gasteiger partial charge on any atom is 0.335 e. The second kappa shape index (κ2) is 13.1. The minimum absolute atomic E-state index is 0.104. The van der Waals surface area contributed by atoms with Crippen LogP contribution < -0.4 is 14.4 Å². The van der Waals surface area contributed by atoms with Gasteiger partial charge in [0.05, 0.1) is 17.0 Å². The minimum Gasteiger partial charge on any atom is -0.478 e. The van der Waals surface area contributed by atoms with Gasteiger partial charge in [0, 0.05) is 33.8 Å². The van der Waals surface area contributed by atoms with Crippen LogP contribution in [0.3, 0.4) is 0 Å². The van der Waals surface area contributed by atoms with E-state index in [9.17, 15) is 22.8 Å². The third-order valence-corrected chi connectivity index (χ3v) is 8.22. The van der Waals surface area contributed by atoms with Gasteiger partial charge in [0.2, 0.25) is 12.0 Å². The van der Waals surface area contributed by atoms with E-state index in [1.54, 1.807) is 72.8 Å². The van der Waals surface area contributed by atoms with E-state index in [4.69, 9.17) is 33.0 Å². The van der Waals surface area contributed by atoms with Gasteiger partial charge in [-0.25, -0.2) is 17.9 Å². The molecule has 0 bridgehead atoms. The smallest absolute Gasteiger partial charge is 0.335 e. The molecule has 2 N–H and O–H groups in total. The molecular formula is C30H24Cl2N2O7S. The summed E-state index contributed by atoms with van der Waals surface area (Å²) in [5, 5.41) is 9.89. The molecule has 4 rings (SSSR count). The van der Waals surface area contributed by atoms with Crippen molar-refractivity contribution in [2.24, 2.45) is 0 Å². The molecule has 0 saturated carbocycles. The highest BCUT2D eigenvalue weighted by molar-refractivity contribution is 7.90. The van der Waals surface area contributed by atoms with E-state index in [2.05, 4.69) is 0 Å². The number of anilines is 1. The van der Waals surface area contributed by atoms with Gasteiger partial charge in [-0.15, -0.1) is 0 Å². The number of sulfonamides is 1. The summed E-state index contributed by atoms with van der Waals surface area (Å²) in [5.74, 6) is -2.22. The summed E-state index contributed by atoms with van der Waals surface area (Å²) < 4.78 is 33.8. The average molecular weight is 628 g/mol. The Labute approximate surface area is 252 Å². The SMILES string of the molecule is CC(=O)N(Cc1c(Cl)cccc1Cl)c1ccc(OC(C(=O)NS(=O)(=O)c2ccc(C(=O)O)cc2)c2ccccc2)cc1. The fraction of sp³-hybridized carbons (Fsp3) is 0.100. The Morgan fingerprint density at radius 2 is 1.45 bits per heavy atom. The van der Waals surface area contributed by atoms with Crippen molar-refractivity contribution in [3.8, 4) is 5.75 Å². The molecular weight excluding hydrogens is 603 g/mol. The van der Waals surface area contributed by atoms with Gasteiger partial charge >= 0.3 is 5.97 Å². The molecule has 0 radical (unpaired) electrons. The molecule has 12 heteroatoms. The van der Waals surface area contributed by atoms with E-state index < -0.39 is 28.0 Å². The van der Waals surface area contributed by atoms with E-state index in [-0.39, 0.29) is 28.7 Å². The van der Waals surface area contributed by atoms with E-state index in [0.29, 0.717) is 26.9 Å². The molecule has 1 unspecified atom stereocenters. The summed E-state index contributed by atoms with van der Waals surface area (Å²) in [7, 11) is -4.35. The Balaban J connectivity index is 1.57. The van der Waals surface area contributed by atoms with Crippen LogP contribution in [0.4, 0.5) is 5.69 Å². The molecule has 1 atom stereocenters. The molecule has 0 saturated heterocycles. The van der Waals surface area contributed by atoms with Crippen LogP contribution in [-0.2, 0) is 26.2 Å². The first kappa shape index (κ1) is 30.6. The van der Waals surface area contributed by atoms with Crippen LogP contribution in [0.2, 0.25) is 10.0 Å². The van der Waals surface area contributed by atoms with Crippen molar-refractivity contribution in [2.45, 2.75) is 24.5 Å². The number of aromatic carboxylic acids is 1. The summed E-state index contributed by atoms with van der Waals surface area (Å²) in [6.07, 6.45) is -1.36. The maximum atomic E-state index is 13.3. The Bertz CT molecular complexity index is 1690. The van der Waals surface area contributed by atoms with Crippen molar-refractivity contribution >= 4 is 56.7 Å². The number of amides is 2. The summed E-state index contributed by atoms with van der Waals surface area (Å²) in [6.45, 7) is 1.52. The van der Waals surface area contributed by atoms with E-state index in [0.717, 1.165) is 24.3 Å². The molecule has 0 spiro atoms. The largest absolute Gasteiger partial charge is 0.478 e. The number of hydrogen-bond donors (Lipinski definition) is 2. The number of carboxylic acids is 1. The van der Waals surface area contributed by atoms with Gasteiger partial charge in [-0.2, -0.15) is 0 Å². The molecule has 9 nitrogen and oxygen atoms in total. The molecule has 0 heterocycles. The van der Waals surface area contributed by atoms with Crippen LogP contribution in [0.1, 0.15) is 34.5 Å². The standard InChI is InChI=1S/C30H24Cl2N2O7S/c1-19(35)34(18-25-26(31)8-5-9-27(25)32)22-12-14-23(15-13-22)41-28(20-6-3-2-4-7-20)29(36)33-42(39,40)24-16-10-21(11-17-24)30(37)38/h2-17,28H,18H2,1H3,(H,33,36)(H,37,38). The van der Waals surface area contributed by atoms with Gasteiger partial charge in [0.25, 0.3) is 15.9 Å². The van der Waals surface area contributed by atoms with Crippen molar-refractivity contribution in [1.82, 2.24) is 4.72 Å². The van der Waals surface area contributed by atoms with Gasteiger partial charge in [-0.1, -0.05) is 59.6 Å². The second-order valence-electron chi connectivity index (χ2n) is 9.01. The molecule has 0 aliphatic heterocycles. The summed E-state index contributed by atoms with van der Waals surface area (Å²) in [6, 6.07) is 24.1. The third-order valence-electron chi connectivity index (χ3n) is 6.15. The number of rotatable bonds is 10. The molecule has 0 aliphatic rings. The Hall–Kier alpha value is -4.38. The van der Waals surface area contributed by atoms with Crippen molar-refractivity contribution in [1.29, 1.82) is 0 Å². The highest BCUT2D eigenvalue weighted by atomic mass is 35.5. The predicted molar refractivity (Wildman–Crippen MR) is 158 cm³/mol. The highest BCUT2D eigenvalue weighted by Gasteiger charge is 2.28. The minimum atomic E-state index is -4.35. The quantitative estimate of drug-likeness (QED) is 0.225. The van der Waals surface area contributed by atoms with Crippen LogP contribution in [0, 0.1) is 0 Å². The first-order chi connectivity index (χ1) is 20.0. The van der Waals surface area contributed by atoms with E-state index >= 15 is 0 Å². The molecule has 0 aliphatic carbocycles. The molecule has 42 heavy (non-hydrogen) atoms. The monoisotopic (exact) mass is 626 g/mol. The van der Waals surface area contributed by atoms with Crippen molar-refractivity contribution in [3.05, 3.63) is 124 Å². The van der Waals surface area contributed by atoms with Crippen molar-refractivity contribution < 1.29 is 32.6 Å². The lowest BCUT2D eigenvalue weighted by atomic mass is 10.1. The zero-order valence-corrected chi connectivity index (χ0v) is 24.4. The normalized spacial score (nSPS) is 11.8. The van der Waals surface area contributed by atoms with E-state index in [1.807, 2.05) is 4.72 Å².